The Kier molecular flexibility index (Phi) is 7.10. The fourth-order valence-corrected chi connectivity index (χ4v) is 4.07. The molecule has 0 spiro atoms. The monoisotopic (exact) mass is 460 g/mol. The molecule has 0 bridgehead atoms. The van der Waals surface area contributed by atoms with E-state index in [-0.39, 0.29) is 11.8 Å². The number of para-hydroxylation sites is 1. The summed E-state index contributed by atoms with van der Waals surface area (Å²) in [6.45, 7) is 0.809. The molecule has 33 heavy (non-hydrogen) atoms. The van der Waals surface area contributed by atoms with Gasteiger partial charge in [0.25, 0.3) is 5.91 Å². The van der Waals surface area contributed by atoms with Crippen molar-refractivity contribution >= 4 is 23.4 Å². The smallest absolute Gasteiger partial charge is 0.254 e. The minimum absolute atomic E-state index is 0.107. The van der Waals surface area contributed by atoms with Gasteiger partial charge in [0.1, 0.15) is 17.5 Å². The summed E-state index contributed by atoms with van der Waals surface area (Å²) >= 11 is 5.96. The lowest BCUT2D eigenvalue weighted by Gasteiger charge is -2.28. The highest BCUT2D eigenvalue weighted by molar-refractivity contribution is 6.25. The second-order valence-electron chi connectivity index (χ2n) is 8.04. The van der Waals surface area contributed by atoms with E-state index < -0.39 is 6.04 Å². The SMILES string of the molecule is CN(Cc1ccccc1)C(=O)[C@@H]1C/C(=C\Cl)CN1C(=O)c1ccc(Oc2ccccc2)cc1. The standard InChI is InChI=1S/C27H25ClN2O3/c1-29(18-20-8-4-2-5-9-20)27(32)25-16-21(17-28)19-30(25)26(31)22-12-14-24(15-13-22)33-23-10-6-3-7-11-23/h2-15,17,25H,16,18-19H2,1H3/b21-17+/t25-/m0/s1. The number of likely N-dealkylation sites (tertiary alicyclic amines) is 1. The molecule has 4 rings (SSSR count). The first-order valence-corrected chi connectivity index (χ1v) is 11.2. The zero-order chi connectivity index (χ0) is 23.2. The molecule has 168 valence electrons. The van der Waals surface area contributed by atoms with E-state index in [2.05, 4.69) is 0 Å². The maximum Gasteiger partial charge on any atom is 0.254 e. The summed E-state index contributed by atoms with van der Waals surface area (Å²) in [4.78, 5) is 29.8. The van der Waals surface area contributed by atoms with Crippen LogP contribution in [0.3, 0.4) is 0 Å². The van der Waals surface area contributed by atoms with Crippen molar-refractivity contribution in [2.75, 3.05) is 13.6 Å². The maximum atomic E-state index is 13.3. The Morgan fingerprint density at radius 2 is 1.58 bits per heavy atom. The average molecular weight is 461 g/mol. The first-order chi connectivity index (χ1) is 16.0. The van der Waals surface area contributed by atoms with Gasteiger partial charge in [-0.3, -0.25) is 9.59 Å². The van der Waals surface area contributed by atoms with Gasteiger partial charge in [0.2, 0.25) is 5.91 Å². The summed E-state index contributed by atoms with van der Waals surface area (Å²) in [6.07, 6.45) is 0.433. The summed E-state index contributed by atoms with van der Waals surface area (Å²) in [5.74, 6) is 1.04. The van der Waals surface area contributed by atoms with Gasteiger partial charge >= 0.3 is 0 Å². The zero-order valence-corrected chi connectivity index (χ0v) is 19.1. The van der Waals surface area contributed by atoms with Crippen molar-refractivity contribution in [1.29, 1.82) is 0 Å². The molecule has 1 fully saturated rings. The van der Waals surface area contributed by atoms with Gasteiger partial charge in [-0.2, -0.15) is 0 Å². The number of carbonyl (C=O) groups excluding carboxylic acids is 2. The highest BCUT2D eigenvalue weighted by Gasteiger charge is 2.38. The molecule has 0 saturated carbocycles. The van der Waals surface area contributed by atoms with Crippen LogP contribution in [0.1, 0.15) is 22.3 Å². The van der Waals surface area contributed by atoms with Crippen LogP contribution in [0.15, 0.2) is 96.0 Å². The van der Waals surface area contributed by atoms with Crippen molar-refractivity contribution in [3.8, 4) is 11.5 Å². The fourth-order valence-electron chi connectivity index (χ4n) is 3.91. The lowest BCUT2D eigenvalue weighted by molar-refractivity contribution is -0.134. The van der Waals surface area contributed by atoms with Gasteiger partial charge in [-0.25, -0.2) is 0 Å². The van der Waals surface area contributed by atoms with Crippen LogP contribution in [0.5, 0.6) is 11.5 Å². The molecule has 0 aromatic heterocycles. The number of amides is 2. The Morgan fingerprint density at radius 1 is 0.970 bits per heavy atom. The third-order valence-corrected chi connectivity index (χ3v) is 5.93. The third kappa shape index (κ3) is 5.44. The highest BCUT2D eigenvalue weighted by Crippen LogP contribution is 2.28. The van der Waals surface area contributed by atoms with E-state index in [1.807, 2.05) is 60.7 Å². The van der Waals surface area contributed by atoms with Crippen LogP contribution < -0.4 is 4.74 Å². The Balaban J connectivity index is 1.48. The number of benzene rings is 3. The van der Waals surface area contributed by atoms with Crippen LogP contribution in [0, 0.1) is 0 Å². The summed E-state index contributed by atoms with van der Waals surface area (Å²) in [5, 5.41) is 0. The number of nitrogens with zero attached hydrogens (tertiary/aromatic N) is 2. The van der Waals surface area contributed by atoms with Gasteiger partial charge in [0.15, 0.2) is 0 Å². The number of hydrogen-bond donors (Lipinski definition) is 0. The van der Waals surface area contributed by atoms with Crippen molar-refractivity contribution in [1.82, 2.24) is 9.80 Å². The molecule has 1 aliphatic heterocycles. The molecule has 0 radical (unpaired) electrons. The Morgan fingerprint density at radius 3 is 2.21 bits per heavy atom. The van der Waals surface area contributed by atoms with Gasteiger partial charge in [-0.1, -0.05) is 60.1 Å². The molecular formula is C27H25ClN2O3. The normalized spacial score (nSPS) is 16.6. The molecule has 1 saturated heterocycles. The van der Waals surface area contributed by atoms with E-state index >= 15 is 0 Å². The Hall–Kier alpha value is -3.57. The topological polar surface area (TPSA) is 49.9 Å². The summed E-state index contributed by atoms with van der Waals surface area (Å²) in [6, 6.07) is 25.6. The highest BCUT2D eigenvalue weighted by atomic mass is 35.5. The van der Waals surface area contributed by atoms with E-state index in [1.165, 1.54) is 5.54 Å². The van der Waals surface area contributed by atoms with Crippen LogP contribution >= 0.6 is 11.6 Å². The van der Waals surface area contributed by atoms with Crippen LogP contribution in [0.4, 0.5) is 0 Å². The Labute approximate surface area is 198 Å². The molecule has 1 heterocycles. The number of likely N-dealkylation sites (N-methyl/N-ethyl adjacent to an activating group) is 1. The minimum Gasteiger partial charge on any atom is -0.457 e. The molecule has 6 heteroatoms. The first-order valence-electron chi connectivity index (χ1n) is 10.8. The second-order valence-corrected chi connectivity index (χ2v) is 8.26. The second kappa shape index (κ2) is 10.4. The molecule has 1 aliphatic rings. The number of halogens is 1. The molecule has 3 aromatic rings. The largest absolute Gasteiger partial charge is 0.457 e. The molecule has 3 aromatic carbocycles. The van der Waals surface area contributed by atoms with E-state index in [1.54, 1.807) is 41.1 Å². The van der Waals surface area contributed by atoms with Crippen molar-refractivity contribution < 1.29 is 14.3 Å². The van der Waals surface area contributed by atoms with Gasteiger partial charge < -0.3 is 14.5 Å². The van der Waals surface area contributed by atoms with Crippen LogP contribution in [0.25, 0.3) is 0 Å². The van der Waals surface area contributed by atoms with E-state index in [4.69, 9.17) is 16.3 Å². The molecule has 0 unspecified atom stereocenters. The van der Waals surface area contributed by atoms with Gasteiger partial charge in [-0.15, -0.1) is 0 Å². The van der Waals surface area contributed by atoms with Crippen molar-refractivity contribution in [2.24, 2.45) is 0 Å². The number of carbonyl (C=O) groups is 2. The van der Waals surface area contributed by atoms with Gasteiger partial charge in [-0.05, 0) is 47.5 Å². The molecule has 1 atom stereocenters. The minimum atomic E-state index is -0.587. The number of ether oxygens (including phenoxy) is 1. The predicted octanol–water partition coefficient (Wildman–Crippen LogP) is 5.47. The van der Waals surface area contributed by atoms with Crippen LogP contribution in [-0.2, 0) is 11.3 Å². The Bertz CT molecular complexity index is 1130. The molecule has 0 aliphatic carbocycles. The number of rotatable bonds is 6. The van der Waals surface area contributed by atoms with E-state index in [0.29, 0.717) is 30.8 Å². The third-order valence-electron chi connectivity index (χ3n) is 5.62. The fraction of sp³-hybridized carbons (Fsp3) is 0.185. The average Bonchev–Trinajstić information content (AvgIpc) is 3.29. The van der Waals surface area contributed by atoms with Crippen LogP contribution in [-0.4, -0.2) is 41.2 Å². The quantitative estimate of drug-likeness (QED) is 0.489. The van der Waals surface area contributed by atoms with Gasteiger partial charge in [0.05, 0.1) is 0 Å². The first kappa shape index (κ1) is 22.6. The van der Waals surface area contributed by atoms with Crippen molar-refractivity contribution in [3.05, 3.63) is 107 Å². The summed E-state index contributed by atoms with van der Waals surface area (Å²) in [7, 11) is 1.76. The molecule has 0 N–H and O–H groups in total. The van der Waals surface area contributed by atoms with E-state index in [9.17, 15) is 9.59 Å². The predicted molar refractivity (Wildman–Crippen MR) is 129 cm³/mol. The lowest BCUT2D eigenvalue weighted by atomic mass is 10.1. The van der Waals surface area contributed by atoms with Crippen molar-refractivity contribution in [2.45, 2.75) is 19.0 Å². The summed E-state index contributed by atoms with van der Waals surface area (Å²) < 4.78 is 5.81. The maximum absolute atomic E-state index is 13.3. The van der Waals surface area contributed by atoms with E-state index in [0.717, 1.165) is 16.9 Å². The van der Waals surface area contributed by atoms with Crippen LogP contribution in [0.2, 0.25) is 0 Å². The molecule has 2 amide bonds. The van der Waals surface area contributed by atoms with Gasteiger partial charge in [0, 0.05) is 37.7 Å². The number of hydrogen-bond acceptors (Lipinski definition) is 3. The lowest BCUT2D eigenvalue weighted by Crippen LogP contribution is -2.46. The molecule has 5 nitrogen and oxygen atoms in total. The van der Waals surface area contributed by atoms with Crippen molar-refractivity contribution in [3.63, 3.8) is 0 Å². The summed E-state index contributed by atoms with van der Waals surface area (Å²) in [5.41, 5.74) is 3.86. The molecular weight excluding hydrogens is 436 g/mol. The zero-order valence-electron chi connectivity index (χ0n) is 18.4.